The molecule has 7 atom stereocenters. The van der Waals surface area contributed by atoms with Crippen molar-refractivity contribution in [2.45, 2.75) is 122 Å². The molecule has 3 saturated carbocycles. The molecule has 2 aromatic carbocycles. The Hall–Kier alpha value is -4.35. The van der Waals surface area contributed by atoms with Gasteiger partial charge in [0.05, 0.1) is 37.9 Å². The Bertz CT molecular complexity index is 1850. The van der Waals surface area contributed by atoms with Crippen LogP contribution in [0.15, 0.2) is 48.5 Å². The van der Waals surface area contributed by atoms with Gasteiger partial charge in [-0.2, -0.15) is 0 Å². The van der Waals surface area contributed by atoms with Crippen LogP contribution in [0.1, 0.15) is 101 Å². The lowest BCUT2D eigenvalue weighted by molar-refractivity contribution is -0.199. The maximum Gasteiger partial charge on any atom is 0.478 e. The third-order valence-electron chi connectivity index (χ3n) is 13.4. The number of ether oxygens (including phenoxy) is 2. The largest absolute Gasteiger partial charge is 0.478 e. The number of carbonyl (C=O) groups is 5. The van der Waals surface area contributed by atoms with E-state index in [1.54, 1.807) is 12.1 Å². The van der Waals surface area contributed by atoms with Crippen molar-refractivity contribution < 1.29 is 42.8 Å². The summed E-state index contributed by atoms with van der Waals surface area (Å²) in [6, 6.07) is 12.4. The molecule has 2 aliphatic heterocycles. The SMILES string of the molecule is CCCCc1ccc(-c2ccc(C(=O)NC(CCCCN)C(=O)NC3COCCCCOCC(C(=O)NCB4O[C@@H]5CC6CC(C6(C)C)[C@]5(C)O4)NC(=O)CNC3=O)cc2)cc1. The van der Waals surface area contributed by atoms with Crippen molar-refractivity contribution in [3.63, 3.8) is 0 Å². The average molecular weight is 859 g/mol. The van der Waals surface area contributed by atoms with Gasteiger partial charge in [-0.3, -0.25) is 24.0 Å². The number of hydrogen-bond donors (Lipinski definition) is 6. The number of hydrogen-bond acceptors (Lipinski definition) is 10. The summed E-state index contributed by atoms with van der Waals surface area (Å²) in [6.45, 7) is 9.14. The van der Waals surface area contributed by atoms with Crippen LogP contribution in [0.3, 0.4) is 0 Å². The van der Waals surface area contributed by atoms with Crippen LogP contribution in [0.2, 0.25) is 0 Å². The third kappa shape index (κ3) is 11.8. The monoisotopic (exact) mass is 859 g/mol. The van der Waals surface area contributed by atoms with E-state index in [-0.39, 0.29) is 44.2 Å². The first kappa shape index (κ1) is 47.1. The number of unbranched alkanes of at least 4 members (excludes halogenated alkanes) is 2. The van der Waals surface area contributed by atoms with E-state index in [1.807, 2.05) is 12.1 Å². The van der Waals surface area contributed by atoms with Crippen molar-refractivity contribution in [2.75, 3.05) is 46.0 Å². The zero-order chi connectivity index (χ0) is 44.3. The molecule has 16 heteroatoms. The third-order valence-corrected chi connectivity index (χ3v) is 13.4. The van der Waals surface area contributed by atoms with Gasteiger partial charge in [0.1, 0.15) is 18.1 Å². The van der Waals surface area contributed by atoms with Gasteiger partial charge in [0.2, 0.25) is 23.6 Å². The number of amides is 5. The second-order valence-corrected chi connectivity index (χ2v) is 18.1. The molecule has 0 radical (unpaired) electrons. The van der Waals surface area contributed by atoms with E-state index in [9.17, 15) is 24.0 Å². The van der Waals surface area contributed by atoms with Gasteiger partial charge >= 0.3 is 7.12 Å². The topological polar surface area (TPSA) is 208 Å². The highest BCUT2D eigenvalue weighted by molar-refractivity contribution is 6.46. The maximum atomic E-state index is 13.8. The van der Waals surface area contributed by atoms with Gasteiger partial charge in [0.25, 0.3) is 5.91 Å². The van der Waals surface area contributed by atoms with Crippen LogP contribution in [-0.4, -0.2) is 112 Å². The van der Waals surface area contributed by atoms with Crippen molar-refractivity contribution in [1.82, 2.24) is 26.6 Å². The predicted molar refractivity (Wildman–Crippen MR) is 236 cm³/mol. The highest BCUT2D eigenvalue weighted by Crippen LogP contribution is 2.65. The van der Waals surface area contributed by atoms with Crippen LogP contribution < -0.4 is 32.3 Å². The number of carbonyl (C=O) groups excluding carboxylic acids is 5. The van der Waals surface area contributed by atoms with Gasteiger partial charge in [0, 0.05) is 18.8 Å². The number of nitrogens with one attached hydrogen (secondary N) is 5. The second kappa shape index (κ2) is 21.8. The van der Waals surface area contributed by atoms with Crippen molar-refractivity contribution in [2.24, 2.45) is 23.0 Å². The Kier molecular flexibility index (Phi) is 16.6. The van der Waals surface area contributed by atoms with E-state index < -0.39 is 66.9 Å². The summed E-state index contributed by atoms with van der Waals surface area (Å²) >= 11 is 0. The molecule has 62 heavy (non-hydrogen) atoms. The smallest absolute Gasteiger partial charge is 0.404 e. The molecule has 7 N–H and O–H groups in total. The van der Waals surface area contributed by atoms with Crippen LogP contribution in [-0.2, 0) is 44.4 Å². The molecule has 5 unspecified atom stereocenters. The quantitative estimate of drug-likeness (QED) is 0.114. The minimum atomic E-state index is -1.18. The van der Waals surface area contributed by atoms with E-state index in [0.717, 1.165) is 43.2 Å². The first-order chi connectivity index (χ1) is 29.8. The fourth-order valence-corrected chi connectivity index (χ4v) is 9.39. The first-order valence-corrected chi connectivity index (χ1v) is 22.7. The summed E-state index contributed by atoms with van der Waals surface area (Å²) in [5.74, 6) is -1.78. The van der Waals surface area contributed by atoms with E-state index >= 15 is 0 Å². The van der Waals surface area contributed by atoms with E-state index in [2.05, 4.69) is 78.5 Å². The normalized spacial score (nSPS) is 26.9. The Balaban J connectivity index is 1.03. The second-order valence-electron chi connectivity index (χ2n) is 18.1. The summed E-state index contributed by atoms with van der Waals surface area (Å²) in [5, 5.41) is 13.7. The van der Waals surface area contributed by atoms with Gasteiger partial charge in [-0.05, 0) is 117 Å². The van der Waals surface area contributed by atoms with Crippen LogP contribution in [0.4, 0.5) is 0 Å². The minimum absolute atomic E-state index is 0.0304. The van der Waals surface area contributed by atoms with Gasteiger partial charge < -0.3 is 51.1 Å². The Morgan fingerprint density at radius 2 is 1.61 bits per heavy atom. The number of benzene rings is 2. The van der Waals surface area contributed by atoms with E-state index in [1.165, 1.54) is 5.56 Å². The summed E-state index contributed by atoms with van der Waals surface area (Å²) in [4.78, 5) is 67.4. The summed E-state index contributed by atoms with van der Waals surface area (Å²) in [7, 11) is -0.613. The Morgan fingerprint density at radius 3 is 2.29 bits per heavy atom. The molecule has 0 aromatic heterocycles. The molecular weight excluding hydrogens is 791 g/mol. The lowest BCUT2D eigenvalue weighted by atomic mass is 9.43. The Morgan fingerprint density at radius 1 is 0.919 bits per heavy atom. The van der Waals surface area contributed by atoms with Crippen LogP contribution in [0.25, 0.3) is 11.1 Å². The first-order valence-electron chi connectivity index (χ1n) is 22.7. The molecule has 2 bridgehead atoms. The average Bonchev–Trinajstić information content (AvgIpc) is 3.62. The van der Waals surface area contributed by atoms with Crippen molar-refractivity contribution in [3.8, 4) is 11.1 Å². The molecule has 5 aliphatic rings. The predicted octanol–water partition coefficient (Wildman–Crippen LogP) is 3.22. The lowest BCUT2D eigenvalue weighted by Gasteiger charge is -2.64. The van der Waals surface area contributed by atoms with Crippen molar-refractivity contribution in [3.05, 3.63) is 59.7 Å². The highest BCUT2D eigenvalue weighted by atomic mass is 16.7. The molecule has 3 aliphatic carbocycles. The summed E-state index contributed by atoms with van der Waals surface area (Å²) < 4.78 is 24.3. The number of nitrogens with two attached hydrogens (primary N) is 1. The van der Waals surface area contributed by atoms with Crippen LogP contribution in [0, 0.1) is 17.3 Å². The molecule has 5 fully saturated rings. The molecule has 7 rings (SSSR count). The maximum absolute atomic E-state index is 13.8. The van der Waals surface area contributed by atoms with Crippen LogP contribution >= 0.6 is 0 Å². The molecule has 0 spiro atoms. The number of rotatable bonds is 15. The fraction of sp³-hybridized carbons (Fsp3) is 0.630. The molecule has 15 nitrogen and oxygen atoms in total. The van der Waals surface area contributed by atoms with Gasteiger partial charge in [-0.15, -0.1) is 0 Å². The van der Waals surface area contributed by atoms with E-state index in [0.29, 0.717) is 56.2 Å². The number of aryl methyl sites for hydroxylation is 1. The standard InChI is InChI=1S/C46H67BN6O9/c1-5-6-11-30-13-15-31(16-14-30)32-17-19-33(20-18-32)41(55)52-35(12-7-8-21-48)44(58)53-37-28-60-23-10-9-22-59-27-36(51-40(54)26-49-42(37)56)43(57)50-29-47-61-39-25-34-24-38(45(34,2)3)46(39,4)62-47/h13-20,34-39H,5-12,21-29,48H2,1-4H3,(H,49,56)(H,50,57)(H,51,54)(H,52,55)(H,53,58)/t34?,35?,36?,37?,38?,39-,46+/m1/s1. The lowest BCUT2D eigenvalue weighted by Crippen LogP contribution is -2.65. The minimum Gasteiger partial charge on any atom is -0.404 e. The molecular formula is C46H67BN6O9. The Labute approximate surface area is 366 Å². The fourth-order valence-electron chi connectivity index (χ4n) is 9.39. The van der Waals surface area contributed by atoms with Crippen LogP contribution in [0.5, 0.6) is 0 Å². The molecule has 338 valence electrons. The molecule has 2 saturated heterocycles. The zero-order valence-corrected chi connectivity index (χ0v) is 36.9. The molecule has 5 amide bonds. The highest BCUT2D eigenvalue weighted by Gasteiger charge is 2.67. The van der Waals surface area contributed by atoms with Gasteiger partial charge in [-0.1, -0.05) is 63.6 Å². The molecule has 2 heterocycles. The van der Waals surface area contributed by atoms with E-state index in [4.69, 9.17) is 24.5 Å². The summed E-state index contributed by atoms with van der Waals surface area (Å²) in [6.07, 6.45) is 8.10. The van der Waals surface area contributed by atoms with Gasteiger partial charge in [-0.25, -0.2) is 0 Å². The van der Waals surface area contributed by atoms with Crippen molar-refractivity contribution in [1.29, 1.82) is 0 Å². The molecule has 2 aromatic rings. The van der Waals surface area contributed by atoms with Gasteiger partial charge in [0.15, 0.2) is 0 Å². The van der Waals surface area contributed by atoms with Crippen molar-refractivity contribution >= 4 is 36.7 Å². The zero-order valence-electron chi connectivity index (χ0n) is 36.9. The summed E-state index contributed by atoms with van der Waals surface area (Å²) in [5.41, 5.74) is 9.19.